The Hall–Kier alpha value is -7.54. The van der Waals surface area contributed by atoms with Gasteiger partial charge in [0.1, 0.15) is 0 Å². The van der Waals surface area contributed by atoms with Gasteiger partial charge in [-0.15, -0.1) is 0 Å². The Morgan fingerprint density at radius 2 is 0.820 bits per heavy atom. The van der Waals surface area contributed by atoms with Crippen molar-refractivity contribution in [2.75, 3.05) is 0 Å². The van der Waals surface area contributed by atoms with Crippen LogP contribution in [0.15, 0.2) is 212 Å². The summed E-state index contributed by atoms with van der Waals surface area (Å²) in [5.74, 6) is 0.956. The zero-order valence-electron chi connectivity index (χ0n) is 33.4. The van der Waals surface area contributed by atoms with Crippen molar-refractivity contribution < 1.29 is 0 Å². The monoisotopic (exact) mass is 770 g/mol. The number of benzene rings is 10. The number of hydrogen-bond acceptors (Lipinski definition) is 0. The van der Waals surface area contributed by atoms with E-state index in [1.807, 2.05) is 0 Å². The van der Waals surface area contributed by atoms with Crippen LogP contribution in [0.1, 0.15) is 62.3 Å². The quantitative estimate of drug-likeness (QED) is 0.153. The minimum atomic E-state index is 0.212. The Kier molecular flexibility index (Phi) is 6.82. The van der Waals surface area contributed by atoms with Gasteiger partial charge in [-0.1, -0.05) is 200 Å². The summed E-state index contributed by atoms with van der Waals surface area (Å²) < 4.78 is 0. The summed E-state index contributed by atoms with van der Waals surface area (Å²) in [4.78, 5) is 0. The molecule has 0 heteroatoms. The second-order valence-electron chi connectivity index (χ2n) is 17.4. The molecular weight excluding hydrogens is 733 g/mol. The highest BCUT2D eigenvalue weighted by molar-refractivity contribution is 6.16. The first-order valence-corrected chi connectivity index (χ1v) is 21.7. The van der Waals surface area contributed by atoms with Gasteiger partial charge in [-0.3, -0.25) is 0 Å². The van der Waals surface area contributed by atoms with Crippen LogP contribution < -0.4 is 0 Å². The van der Waals surface area contributed by atoms with Crippen molar-refractivity contribution in [1.29, 1.82) is 0 Å². The molecule has 0 bridgehead atoms. The zero-order chi connectivity index (χ0) is 39.8. The van der Waals surface area contributed by atoms with Crippen molar-refractivity contribution in [3.05, 3.63) is 257 Å². The maximum absolute atomic E-state index is 2.47. The molecule has 0 heterocycles. The normalized spacial score (nSPS) is 17.1. The summed E-state index contributed by atoms with van der Waals surface area (Å²) in [6.07, 6.45) is 2.47. The van der Waals surface area contributed by atoms with Crippen LogP contribution in [0.4, 0.5) is 0 Å². The standard InChI is InChI=1S/C61H38/c1-2-12-36(13-3-1)39-14-10-15-42(32-39)57-60-49-21-9-7-19-46(49)54-34-41(29-31-51(54)61(57)60)38-26-24-37(25-27-38)40-28-30-50-53(33-40)45-18-6-8-20-47(45)58(50)52-23-11-22-48-43-16-4-5-17-44(43)55-35-56(55)59(48)52/h1-35,56-58H/t56?,57?,58-/m1/s1. The molecule has 10 aromatic carbocycles. The third kappa shape index (κ3) is 4.88. The summed E-state index contributed by atoms with van der Waals surface area (Å²) in [6, 6.07) is 77.5. The van der Waals surface area contributed by atoms with Gasteiger partial charge in [0.05, 0.1) is 0 Å². The summed E-state index contributed by atoms with van der Waals surface area (Å²) in [5, 5.41) is 5.42. The Balaban J connectivity index is 0.811. The van der Waals surface area contributed by atoms with E-state index in [0.717, 1.165) is 0 Å². The van der Waals surface area contributed by atoms with E-state index in [4.69, 9.17) is 0 Å². The molecule has 2 unspecified atom stereocenters. The zero-order valence-corrected chi connectivity index (χ0v) is 33.4. The summed E-state index contributed by atoms with van der Waals surface area (Å²) in [6.45, 7) is 0. The van der Waals surface area contributed by atoms with E-state index in [0.29, 0.717) is 11.8 Å². The third-order valence-electron chi connectivity index (χ3n) is 14.3. The first-order valence-electron chi connectivity index (χ1n) is 21.7. The SMILES string of the molecule is C1=C2c3ccccc3-c3cccc([C@@H]4c5ccccc5-c5cc(-c6ccc(-c7ccc8c9c(c%10ccccc%10c8c7)C9c7cccc(-c8ccccc8)c7)cc6)ccc54)c3C12. The molecule has 0 spiro atoms. The molecular formula is C61H38. The lowest BCUT2D eigenvalue weighted by Crippen LogP contribution is -2.08. The molecule has 4 aliphatic carbocycles. The molecule has 0 nitrogen and oxygen atoms in total. The lowest BCUT2D eigenvalue weighted by molar-refractivity contribution is 0.977. The topological polar surface area (TPSA) is 0 Å². The van der Waals surface area contributed by atoms with Crippen LogP contribution in [0.5, 0.6) is 0 Å². The van der Waals surface area contributed by atoms with Crippen LogP contribution >= 0.6 is 0 Å². The van der Waals surface area contributed by atoms with Crippen LogP contribution in [0, 0.1) is 0 Å². The Morgan fingerprint density at radius 1 is 0.262 bits per heavy atom. The van der Waals surface area contributed by atoms with E-state index in [-0.39, 0.29) is 5.92 Å². The van der Waals surface area contributed by atoms with Crippen molar-refractivity contribution in [1.82, 2.24) is 0 Å². The fourth-order valence-corrected chi connectivity index (χ4v) is 11.4. The largest absolute Gasteiger partial charge is 0.0678 e. The number of rotatable bonds is 5. The van der Waals surface area contributed by atoms with E-state index >= 15 is 0 Å². The average Bonchev–Trinajstić information content (AvgIpc) is 4.27. The lowest BCUT2D eigenvalue weighted by atomic mass is 9.77. The van der Waals surface area contributed by atoms with Gasteiger partial charge in [0.2, 0.25) is 0 Å². The minimum absolute atomic E-state index is 0.212. The Labute approximate surface area is 355 Å². The first-order chi connectivity index (χ1) is 30.3. The molecule has 282 valence electrons. The van der Waals surface area contributed by atoms with Gasteiger partial charge in [0.15, 0.2) is 0 Å². The van der Waals surface area contributed by atoms with E-state index in [2.05, 4.69) is 212 Å². The van der Waals surface area contributed by atoms with Crippen molar-refractivity contribution in [2.24, 2.45) is 0 Å². The fourth-order valence-electron chi connectivity index (χ4n) is 11.4. The summed E-state index contributed by atoms with van der Waals surface area (Å²) in [7, 11) is 0. The van der Waals surface area contributed by atoms with Crippen LogP contribution in [0.3, 0.4) is 0 Å². The van der Waals surface area contributed by atoms with E-state index < -0.39 is 0 Å². The molecule has 0 radical (unpaired) electrons. The predicted octanol–water partition coefficient (Wildman–Crippen LogP) is 15.8. The summed E-state index contributed by atoms with van der Waals surface area (Å²) in [5.41, 5.74) is 26.0. The van der Waals surface area contributed by atoms with Gasteiger partial charge in [-0.05, 0) is 139 Å². The van der Waals surface area contributed by atoms with Gasteiger partial charge in [0, 0.05) is 17.8 Å². The predicted molar refractivity (Wildman–Crippen MR) is 254 cm³/mol. The van der Waals surface area contributed by atoms with Crippen LogP contribution in [-0.2, 0) is 0 Å². The van der Waals surface area contributed by atoms with Gasteiger partial charge < -0.3 is 0 Å². The van der Waals surface area contributed by atoms with Crippen molar-refractivity contribution >= 4 is 27.1 Å². The molecule has 0 N–H and O–H groups in total. The lowest BCUT2D eigenvalue weighted by Gasteiger charge is -2.26. The molecule has 14 rings (SSSR count). The fraction of sp³-hybridized carbons (Fsp3) is 0.0492. The van der Waals surface area contributed by atoms with Crippen LogP contribution in [0.25, 0.3) is 82.8 Å². The molecule has 3 atom stereocenters. The van der Waals surface area contributed by atoms with E-state index in [9.17, 15) is 0 Å². The average molecular weight is 771 g/mol. The molecule has 0 saturated carbocycles. The maximum atomic E-state index is 2.47. The maximum Gasteiger partial charge on any atom is 0.0359 e. The molecule has 61 heavy (non-hydrogen) atoms. The van der Waals surface area contributed by atoms with E-state index in [1.165, 1.54) is 127 Å². The smallest absolute Gasteiger partial charge is 0.0359 e. The van der Waals surface area contributed by atoms with Crippen molar-refractivity contribution in [2.45, 2.75) is 17.8 Å². The second-order valence-corrected chi connectivity index (χ2v) is 17.4. The van der Waals surface area contributed by atoms with Gasteiger partial charge in [0.25, 0.3) is 0 Å². The number of allylic oxidation sites excluding steroid dienone is 2. The highest BCUT2D eigenvalue weighted by atomic mass is 14.4. The first kappa shape index (κ1) is 33.3. The van der Waals surface area contributed by atoms with Crippen LogP contribution in [-0.4, -0.2) is 0 Å². The van der Waals surface area contributed by atoms with Gasteiger partial charge >= 0.3 is 0 Å². The highest BCUT2D eigenvalue weighted by Crippen LogP contribution is 2.60. The minimum Gasteiger partial charge on any atom is -0.0678 e. The molecule has 4 aliphatic rings. The van der Waals surface area contributed by atoms with Gasteiger partial charge in [-0.25, -0.2) is 0 Å². The van der Waals surface area contributed by atoms with Crippen molar-refractivity contribution in [3.8, 4) is 55.6 Å². The molecule has 0 saturated heterocycles. The third-order valence-corrected chi connectivity index (χ3v) is 14.3. The molecule has 0 fully saturated rings. The highest BCUT2D eigenvalue weighted by Gasteiger charge is 2.41. The molecule has 10 aromatic rings. The number of hydrogen-bond donors (Lipinski definition) is 0. The van der Waals surface area contributed by atoms with Crippen LogP contribution in [0.2, 0.25) is 0 Å². The molecule has 0 aromatic heterocycles. The van der Waals surface area contributed by atoms with Gasteiger partial charge in [-0.2, -0.15) is 0 Å². The Bertz CT molecular complexity index is 3530. The summed E-state index contributed by atoms with van der Waals surface area (Å²) >= 11 is 0. The van der Waals surface area contributed by atoms with E-state index in [1.54, 1.807) is 0 Å². The second kappa shape index (κ2) is 12.5. The number of fused-ring (bicyclic) bond motifs is 15. The Morgan fingerprint density at radius 3 is 1.66 bits per heavy atom. The molecule has 0 aliphatic heterocycles. The molecule has 0 amide bonds. The van der Waals surface area contributed by atoms with Crippen molar-refractivity contribution in [3.63, 3.8) is 0 Å².